The molecule has 0 fully saturated rings. The minimum absolute atomic E-state index is 1.04. The number of aryl methyl sites for hydroxylation is 2. The van der Waals surface area contributed by atoms with Crippen molar-refractivity contribution in [3.8, 4) is 0 Å². The van der Waals surface area contributed by atoms with Gasteiger partial charge in [0.25, 0.3) is 0 Å². The Labute approximate surface area is 141 Å². The molecule has 0 saturated carbocycles. The highest BCUT2D eigenvalue weighted by Crippen LogP contribution is 2.37. The molecule has 0 aliphatic heterocycles. The van der Waals surface area contributed by atoms with Gasteiger partial charge in [-0.3, -0.25) is 0 Å². The summed E-state index contributed by atoms with van der Waals surface area (Å²) in [6.07, 6.45) is 6.49. The Hall–Kier alpha value is -1.80. The van der Waals surface area contributed by atoms with Crippen LogP contribution in [0.2, 0.25) is 0 Å². The van der Waals surface area contributed by atoms with Gasteiger partial charge in [0, 0.05) is 17.1 Å². The number of rotatable bonds is 3. The second-order valence-electron chi connectivity index (χ2n) is 5.68. The van der Waals surface area contributed by atoms with Crippen LogP contribution in [0.3, 0.4) is 0 Å². The highest BCUT2D eigenvalue weighted by Gasteiger charge is 2.19. The van der Waals surface area contributed by atoms with E-state index in [4.69, 9.17) is 0 Å². The molecule has 0 amide bonds. The quantitative estimate of drug-likeness (QED) is 0.617. The second-order valence-corrected chi connectivity index (χ2v) is 6.70. The lowest BCUT2D eigenvalue weighted by molar-refractivity contribution is 0.907. The first-order valence-corrected chi connectivity index (χ1v) is 8.43. The molecule has 0 atom stereocenters. The number of hydrogen-bond acceptors (Lipinski definition) is 1. The summed E-state index contributed by atoms with van der Waals surface area (Å²) in [6.45, 7) is 4.35. The fourth-order valence-electron chi connectivity index (χ4n) is 2.85. The van der Waals surface area contributed by atoms with Gasteiger partial charge in [-0.25, -0.2) is 0 Å². The van der Waals surface area contributed by atoms with E-state index in [2.05, 4.69) is 95.4 Å². The summed E-state index contributed by atoms with van der Waals surface area (Å²) in [5.41, 5.74) is 6.44. The standard InChI is InChI=1S/C20H20BrN/c1-15-7-3-5-9-19(15)22(18-13-11-17(21)12-14-18)20-10-6-4-8-16(20)2/h3-11,13H,12,14H2,1-2H3. The Morgan fingerprint density at radius 3 is 1.77 bits per heavy atom. The van der Waals surface area contributed by atoms with Crippen molar-refractivity contribution in [2.45, 2.75) is 26.7 Å². The predicted octanol–water partition coefficient (Wildman–Crippen LogP) is 6.40. The number of nitrogens with zero attached hydrogens (tertiary/aromatic N) is 1. The maximum Gasteiger partial charge on any atom is 0.0487 e. The maximum absolute atomic E-state index is 3.60. The van der Waals surface area contributed by atoms with Crippen molar-refractivity contribution in [1.29, 1.82) is 0 Å². The third-order valence-electron chi connectivity index (χ3n) is 4.08. The molecule has 1 aliphatic carbocycles. The zero-order chi connectivity index (χ0) is 15.5. The smallest absolute Gasteiger partial charge is 0.0487 e. The van der Waals surface area contributed by atoms with E-state index in [1.165, 1.54) is 32.7 Å². The van der Waals surface area contributed by atoms with Crippen LogP contribution < -0.4 is 4.90 Å². The van der Waals surface area contributed by atoms with E-state index in [1.807, 2.05) is 0 Å². The van der Waals surface area contributed by atoms with Crippen molar-refractivity contribution >= 4 is 27.3 Å². The molecule has 0 radical (unpaired) electrons. The van der Waals surface area contributed by atoms with Crippen molar-refractivity contribution in [2.24, 2.45) is 0 Å². The summed E-state index contributed by atoms with van der Waals surface area (Å²) in [5, 5.41) is 0. The largest absolute Gasteiger partial charge is 0.314 e. The molecule has 1 nitrogen and oxygen atoms in total. The molecule has 0 N–H and O–H groups in total. The zero-order valence-electron chi connectivity index (χ0n) is 13.0. The number of anilines is 2. The van der Waals surface area contributed by atoms with Crippen LogP contribution in [0.25, 0.3) is 0 Å². The van der Waals surface area contributed by atoms with E-state index < -0.39 is 0 Å². The number of allylic oxidation sites excluding steroid dienone is 4. The first-order chi connectivity index (χ1) is 10.7. The lowest BCUT2D eigenvalue weighted by Crippen LogP contribution is -2.19. The van der Waals surface area contributed by atoms with Crippen molar-refractivity contribution in [3.05, 3.63) is 82.0 Å². The van der Waals surface area contributed by atoms with E-state index in [1.54, 1.807) is 0 Å². The summed E-state index contributed by atoms with van der Waals surface area (Å²) < 4.78 is 1.27. The Balaban J connectivity index is 2.16. The summed E-state index contributed by atoms with van der Waals surface area (Å²) in [7, 11) is 0. The molecule has 2 heteroatoms. The van der Waals surface area contributed by atoms with Gasteiger partial charge in [0.05, 0.1) is 0 Å². The fraction of sp³-hybridized carbons (Fsp3) is 0.200. The maximum atomic E-state index is 3.60. The normalized spacial score (nSPS) is 14.3. The van der Waals surface area contributed by atoms with Gasteiger partial charge in [-0.2, -0.15) is 0 Å². The van der Waals surface area contributed by atoms with Crippen LogP contribution in [0.1, 0.15) is 24.0 Å². The molecular formula is C20H20BrN. The Bertz CT molecular complexity index is 697. The van der Waals surface area contributed by atoms with Crippen LogP contribution in [0.4, 0.5) is 11.4 Å². The van der Waals surface area contributed by atoms with Gasteiger partial charge in [0.2, 0.25) is 0 Å². The second kappa shape index (κ2) is 6.53. The number of benzene rings is 2. The third-order valence-corrected chi connectivity index (χ3v) is 4.74. The lowest BCUT2D eigenvalue weighted by atomic mass is 10.0. The van der Waals surface area contributed by atoms with Crippen LogP contribution in [0.5, 0.6) is 0 Å². The highest BCUT2D eigenvalue weighted by molar-refractivity contribution is 9.11. The monoisotopic (exact) mass is 353 g/mol. The average Bonchev–Trinajstić information content (AvgIpc) is 2.53. The molecule has 0 unspecified atom stereocenters. The molecular weight excluding hydrogens is 334 g/mol. The molecule has 1 aliphatic rings. The molecule has 0 heterocycles. The minimum atomic E-state index is 1.04. The van der Waals surface area contributed by atoms with Gasteiger partial charge in [-0.1, -0.05) is 58.4 Å². The van der Waals surface area contributed by atoms with E-state index in [0.29, 0.717) is 0 Å². The van der Waals surface area contributed by atoms with E-state index in [0.717, 1.165) is 12.8 Å². The first kappa shape index (κ1) is 15.1. The van der Waals surface area contributed by atoms with E-state index >= 15 is 0 Å². The molecule has 0 saturated heterocycles. The predicted molar refractivity (Wildman–Crippen MR) is 98.8 cm³/mol. The molecule has 3 rings (SSSR count). The molecule has 2 aromatic carbocycles. The fourth-order valence-corrected chi connectivity index (χ4v) is 3.19. The van der Waals surface area contributed by atoms with Gasteiger partial charge in [-0.05, 0) is 60.5 Å². The highest BCUT2D eigenvalue weighted by atomic mass is 79.9. The zero-order valence-corrected chi connectivity index (χ0v) is 14.6. The molecule has 0 bridgehead atoms. The topological polar surface area (TPSA) is 3.24 Å². The van der Waals surface area contributed by atoms with Gasteiger partial charge >= 0.3 is 0 Å². The van der Waals surface area contributed by atoms with Gasteiger partial charge in [-0.15, -0.1) is 0 Å². The number of para-hydroxylation sites is 2. The van der Waals surface area contributed by atoms with E-state index in [-0.39, 0.29) is 0 Å². The van der Waals surface area contributed by atoms with Gasteiger partial charge in [0.1, 0.15) is 0 Å². The van der Waals surface area contributed by atoms with Gasteiger partial charge in [0.15, 0.2) is 0 Å². The number of halogens is 1. The summed E-state index contributed by atoms with van der Waals surface area (Å²) in [6, 6.07) is 17.2. The van der Waals surface area contributed by atoms with Crippen molar-refractivity contribution in [3.63, 3.8) is 0 Å². The summed E-state index contributed by atoms with van der Waals surface area (Å²) in [5.74, 6) is 0. The van der Waals surface area contributed by atoms with Crippen molar-refractivity contribution in [2.75, 3.05) is 4.90 Å². The third kappa shape index (κ3) is 3.02. The number of hydrogen-bond donors (Lipinski definition) is 0. The molecule has 22 heavy (non-hydrogen) atoms. The molecule has 2 aromatic rings. The molecule has 0 aromatic heterocycles. The minimum Gasteiger partial charge on any atom is -0.314 e. The average molecular weight is 354 g/mol. The Morgan fingerprint density at radius 2 is 1.32 bits per heavy atom. The van der Waals surface area contributed by atoms with Crippen LogP contribution in [0, 0.1) is 13.8 Å². The molecule has 112 valence electrons. The van der Waals surface area contributed by atoms with Crippen LogP contribution in [0.15, 0.2) is 70.9 Å². The summed E-state index contributed by atoms with van der Waals surface area (Å²) >= 11 is 3.60. The summed E-state index contributed by atoms with van der Waals surface area (Å²) in [4.78, 5) is 2.40. The van der Waals surface area contributed by atoms with Gasteiger partial charge < -0.3 is 4.90 Å². The van der Waals surface area contributed by atoms with Crippen molar-refractivity contribution < 1.29 is 0 Å². The van der Waals surface area contributed by atoms with Crippen LogP contribution >= 0.6 is 15.9 Å². The Kier molecular flexibility index (Phi) is 4.49. The lowest BCUT2D eigenvalue weighted by Gasteiger charge is -2.31. The van der Waals surface area contributed by atoms with Crippen LogP contribution in [-0.2, 0) is 0 Å². The van der Waals surface area contributed by atoms with Crippen LogP contribution in [-0.4, -0.2) is 0 Å². The SMILES string of the molecule is Cc1ccccc1N(C1=CC=C(Br)CC1)c1ccccc1C. The first-order valence-electron chi connectivity index (χ1n) is 7.63. The Morgan fingerprint density at radius 1 is 0.773 bits per heavy atom. The van der Waals surface area contributed by atoms with Crippen molar-refractivity contribution in [1.82, 2.24) is 0 Å². The molecule has 0 spiro atoms. The van der Waals surface area contributed by atoms with E-state index in [9.17, 15) is 0 Å².